The number of aliphatic imine (C=N–C) groups is 1. The number of carbonyl (C=O) groups is 2. The van der Waals surface area contributed by atoms with Gasteiger partial charge in [0.15, 0.2) is 18.0 Å². The van der Waals surface area contributed by atoms with Gasteiger partial charge in [0.1, 0.15) is 0 Å². The molecule has 146 valence electrons. The standard InChI is InChI=1S/C21H17ClN4O3/c1-24-18-17(19(27)26(21(24)28)11-13-5-3-2-4-6-13)25-12-16(29-20(25)23-18)14-7-9-15(22)10-8-14/h2-10,12,17-18H,11H2,1H3. The van der Waals surface area contributed by atoms with Gasteiger partial charge in [-0.25, -0.2) is 9.79 Å². The normalized spacial score (nSPS) is 22.9. The third kappa shape index (κ3) is 2.86. The molecule has 0 bridgehead atoms. The Morgan fingerprint density at radius 2 is 1.79 bits per heavy atom. The molecular formula is C21H17ClN4O3. The van der Waals surface area contributed by atoms with Gasteiger partial charge in [-0.2, -0.15) is 0 Å². The Hall–Kier alpha value is -3.32. The van der Waals surface area contributed by atoms with E-state index in [0.717, 1.165) is 11.1 Å². The fourth-order valence-corrected chi connectivity index (χ4v) is 3.87. The number of halogens is 1. The van der Waals surface area contributed by atoms with Crippen LogP contribution >= 0.6 is 11.6 Å². The van der Waals surface area contributed by atoms with Crippen molar-refractivity contribution in [3.8, 4) is 0 Å². The first-order valence-corrected chi connectivity index (χ1v) is 9.54. The average molecular weight is 409 g/mol. The summed E-state index contributed by atoms with van der Waals surface area (Å²) in [6, 6.07) is 16.0. The maximum Gasteiger partial charge on any atom is 0.328 e. The number of amides is 3. The van der Waals surface area contributed by atoms with Crippen LogP contribution in [-0.4, -0.2) is 51.9 Å². The van der Waals surface area contributed by atoms with Crippen molar-refractivity contribution >= 4 is 35.3 Å². The van der Waals surface area contributed by atoms with Crippen LogP contribution in [0.15, 0.2) is 65.8 Å². The number of amidine groups is 1. The number of ether oxygens (including phenoxy) is 1. The highest BCUT2D eigenvalue weighted by Gasteiger charge is 2.54. The van der Waals surface area contributed by atoms with E-state index in [9.17, 15) is 9.59 Å². The van der Waals surface area contributed by atoms with Gasteiger partial charge in [0.05, 0.1) is 12.7 Å². The number of urea groups is 1. The first-order chi connectivity index (χ1) is 14.0. The summed E-state index contributed by atoms with van der Waals surface area (Å²) in [6.07, 6.45) is 1.15. The van der Waals surface area contributed by atoms with Crippen molar-refractivity contribution in [1.82, 2.24) is 14.7 Å². The van der Waals surface area contributed by atoms with E-state index in [0.29, 0.717) is 16.8 Å². The highest BCUT2D eigenvalue weighted by atomic mass is 35.5. The van der Waals surface area contributed by atoms with Crippen molar-refractivity contribution in [1.29, 1.82) is 0 Å². The largest absolute Gasteiger partial charge is 0.423 e. The van der Waals surface area contributed by atoms with Crippen molar-refractivity contribution < 1.29 is 14.3 Å². The summed E-state index contributed by atoms with van der Waals surface area (Å²) in [5.74, 6) is 0.290. The SMILES string of the molecule is CN1C(=O)N(Cc2ccccc2)C(=O)C2C1N=C1OC(c3ccc(Cl)cc3)=CN12. The Bertz CT molecular complexity index is 1050. The Labute approximate surface area is 172 Å². The van der Waals surface area contributed by atoms with E-state index in [-0.39, 0.29) is 18.5 Å². The van der Waals surface area contributed by atoms with E-state index in [4.69, 9.17) is 16.3 Å². The summed E-state index contributed by atoms with van der Waals surface area (Å²) in [5.41, 5.74) is 1.71. The monoisotopic (exact) mass is 408 g/mol. The van der Waals surface area contributed by atoms with Gasteiger partial charge in [-0.15, -0.1) is 0 Å². The third-order valence-electron chi connectivity index (χ3n) is 5.26. The summed E-state index contributed by atoms with van der Waals surface area (Å²) in [4.78, 5) is 35.0. The lowest BCUT2D eigenvalue weighted by Gasteiger charge is -2.39. The van der Waals surface area contributed by atoms with Crippen molar-refractivity contribution in [2.45, 2.75) is 18.8 Å². The number of rotatable bonds is 3. The molecule has 29 heavy (non-hydrogen) atoms. The van der Waals surface area contributed by atoms with E-state index >= 15 is 0 Å². The summed E-state index contributed by atoms with van der Waals surface area (Å²) in [7, 11) is 1.65. The van der Waals surface area contributed by atoms with Gasteiger partial charge < -0.3 is 9.64 Å². The van der Waals surface area contributed by atoms with Crippen molar-refractivity contribution in [2.24, 2.45) is 4.99 Å². The number of imide groups is 1. The van der Waals surface area contributed by atoms with Crippen molar-refractivity contribution in [3.05, 3.63) is 76.9 Å². The molecule has 0 aromatic heterocycles. The molecule has 0 saturated carbocycles. The van der Waals surface area contributed by atoms with Crippen molar-refractivity contribution in [2.75, 3.05) is 7.05 Å². The highest BCUT2D eigenvalue weighted by Crippen LogP contribution is 2.35. The molecule has 2 aromatic carbocycles. The van der Waals surface area contributed by atoms with E-state index in [1.54, 1.807) is 30.3 Å². The van der Waals surface area contributed by atoms with Crippen molar-refractivity contribution in [3.63, 3.8) is 0 Å². The molecule has 1 saturated heterocycles. The van der Waals surface area contributed by atoms with Crippen LogP contribution in [0.25, 0.3) is 5.76 Å². The van der Waals surface area contributed by atoms with Crippen LogP contribution in [0.2, 0.25) is 5.02 Å². The maximum absolute atomic E-state index is 13.3. The van der Waals surface area contributed by atoms with Crippen LogP contribution in [0.4, 0.5) is 4.79 Å². The summed E-state index contributed by atoms with van der Waals surface area (Å²) in [6.45, 7) is 0.212. The van der Waals surface area contributed by atoms with Gasteiger partial charge in [-0.05, 0) is 29.8 Å². The Morgan fingerprint density at radius 1 is 1.07 bits per heavy atom. The molecule has 0 N–H and O–H groups in total. The minimum Gasteiger partial charge on any atom is -0.423 e. The second kappa shape index (κ2) is 6.63. The van der Waals surface area contributed by atoms with Gasteiger partial charge in [-0.1, -0.05) is 41.9 Å². The highest BCUT2D eigenvalue weighted by molar-refractivity contribution is 6.30. The molecule has 3 amide bonds. The molecule has 0 aliphatic carbocycles. The average Bonchev–Trinajstić information content (AvgIpc) is 3.29. The molecule has 2 unspecified atom stereocenters. The molecule has 2 aromatic rings. The predicted octanol–water partition coefficient (Wildman–Crippen LogP) is 3.13. The molecule has 0 radical (unpaired) electrons. The van der Waals surface area contributed by atoms with Gasteiger partial charge in [0.25, 0.3) is 11.9 Å². The summed E-state index contributed by atoms with van der Waals surface area (Å²) >= 11 is 5.95. The lowest BCUT2D eigenvalue weighted by molar-refractivity contribution is -0.137. The van der Waals surface area contributed by atoms with Crippen LogP contribution in [0, 0.1) is 0 Å². The number of likely N-dealkylation sites (N-methyl/N-ethyl adjacent to an activating group) is 1. The van der Waals surface area contributed by atoms with Crippen LogP contribution in [0.1, 0.15) is 11.1 Å². The van der Waals surface area contributed by atoms with E-state index in [2.05, 4.69) is 4.99 Å². The summed E-state index contributed by atoms with van der Waals surface area (Å²) in [5, 5.41) is 0.629. The molecule has 0 spiro atoms. The maximum atomic E-state index is 13.3. The van der Waals surface area contributed by atoms with Crippen LogP contribution < -0.4 is 0 Å². The molecule has 1 fully saturated rings. The van der Waals surface area contributed by atoms with E-state index < -0.39 is 12.2 Å². The van der Waals surface area contributed by atoms with Gasteiger partial charge >= 0.3 is 6.03 Å². The zero-order valence-electron chi connectivity index (χ0n) is 15.5. The van der Waals surface area contributed by atoms with Gasteiger partial charge in [0, 0.05) is 17.6 Å². The fourth-order valence-electron chi connectivity index (χ4n) is 3.74. The zero-order valence-corrected chi connectivity index (χ0v) is 16.3. The first-order valence-electron chi connectivity index (χ1n) is 9.17. The Kier molecular flexibility index (Phi) is 4.06. The lowest BCUT2D eigenvalue weighted by Crippen LogP contribution is -2.63. The Morgan fingerprint density at radius 3 is 2.52 bits per heavy atom. The van der Waals surface area contributed by atoms with E-state index in [1.807, 2.05) is 42.5 Å². The Balaban J connectivity index is 1.44. The van der Waals surface area contributed by atoms with Gasteiger partial charge in [0.2, 0.25) is 0 Å². The lowest BCUT2D eigenvalue weighted by atomic mass is 10.1. The third-order valence-corrected chi connectivity index (χ3v) is 5.52. The minimum atomic E-state index is -0.652. The van der Waals surface area contributed by atoms with Crippen LogP contribution in [0.5, 0.6) is 0 Å². The first kappa shape index (κ1) is 17.8. The number of nitrogens with zero attached hydrogens (tertiary/aromatic N) is 4. The molecular weight excluding hydrogens is 392 g/mol. The zero-order chi connectivity index (χ0) is 20.1. The van der Waals surface area contributed by atoms with E-state index in [1.165, 1.54) is 9.80 Å². The fraction of sp³-hybridized carbons (Fsp3) is 0.190. The second-order valence-electron chi connectivity index (χ2n) is 7.08. The molecule has 3 aliphatic rings. The molecule has 2 atom stereocenters. The number of hydrogen-bond acceptors (Lipinski definition) is 5. The topological polar surface area (TPSA) is 65.5 Å². The quantitative estimate of drug-likeness (QED) is 0.782. The molecule has 7 nitrogen and oxygen atoms in total. The number of carbonyl (C=O) groups excluding carboxylic acids is 2. The molecule has 3 heterocycles. The minimum absolute atomic E-state index is 0.212. The molecule has 5 rings (SSSR count). The van der Waals surface area contributed by atoms with Crippen LogP contribution in [-0.2, 0) is 16.1 Å². The van der Waals surface area contributed by atoms with Gasteiger partial charge in [-0.3, -0.25) is 14.6 Å². The van der Waals surface area contributed by atoms with Crippen LogP contribution in [0.3, 0.4) is 0 Å². The molecule has 8 heteroatoms. The predicted molar refractivity (Wildman–Crippen MR) is 108 cm³/mol. The smallest absolute Gasteiger partial charge is 0.328 e. The number of hydrogen-bond donors (Lipinski definition) is 0. The second-order valence-corrected chi connectivity index (χ2v) is 7.52. The number of fused-ring (bicyclic) bond motifs is 3. The molecule has 3 aliphatic heterocycles. The number of benzene rings is 2. The summed E-state index contributed by atoms with van der Waals surface area (Å²) < 4.78 is 5.87.